The van der Waals surface area contributed by atoms with Gasteiger partial charge in [0.2, 0.25) is 5.91 Å². The minimum Gasteiger partial charge on any atom is -0.352 e. The maximum atomic E-state index is 12.6. The fourth-order valence-corrected chi connectivity index (χ4v) is 3.89. The molecule has 1 aliphatic heterocycles. The van der Waals surface area contributed by atoms with Gasteiger partial charge < -0.3 is 9.80 Å². The van der Waals surface area contributed by atoms with E-state index in [2.05, 4.69) is 38.4 Å². The average molecular weight is 409 g/mol. The SMILES string of the molecule is CSc1ccc(/C=C/C(=O)N2CCN(c3nc(C)nc4c3cnn4C)CC2)cc1. The highest BCUT2D eigenvalue weighted by molar-refractivity contribution is 7.98. The van der Waals surface area contributed by atoms with E-state index >= 15 is 0 Å². The third-order valence-electron chi connectivity index (χ3n) is 5.11. The molecule has 1 amide bonds. The zero-order valence-electron chi connectivity index (χ0n) is 16.9. The molecule has 8 heteroatoms. The van der Waals surface area contributed by atoms with Gasteiger partial charge in [0.15, 0.2) is 5.65 Å². The monoisotopic (exact) mass is 408 g/mol. The van der Waals surface area contributed by atoms with Crippen LogP contribution in [-0.2, 0) is 11.8 Å². The Morgan fingerprint density at radius 1 is 1.10 bits per heavy atom. The van der Waals surface area contributed by atoms with Crippen molar-refractivity contribution in [3.63, 3.8) is 0 Å². The molecule has 0 saturated carbocycles. The normalized spacial score (nSPS) is 14.9. The standard InChI is InChI=1S/C21H24N6OS/c1-15-23-20-18(14-22-25(20)2)21(24-15)27-12-10-26(11-13-27)19(28)9-6-16-4-7-17(29-3)8-5-16/h4-9,14H,10-13H2,1-3H3/b9-6+. The van der Waals surface area contributed by atoms with Crippen molar-refractivity contribution in [3.8, 4) is 0 Å². The Labute approximate surface area is 174 Å². The fraction of sp³-hybridized carbons (Fsp3) is 0.333. The summed E-state index contributed by atoms with van der Waals surface area (Å²) in [5.41, 5.74) is 1.87. The molecule has 7 nitrogen and oxygen atoms in total. The van der Waals surface area contributed by atoms with Gasteiger partial charge in [0.05, 0.1) is 11.6 Å². The quantitative estimate of drug-likeness (QED) is 0.489. The smallest absolute Gasteiger partial charge is 0.246 e. The third-order valence-corrected chi connectivity index (χ3v) is 5.85. The summed E-state index contributed by atoms with van der Waals surface area (Å²) in [4.78, 5) is 27.0. The Kier molecular flexibility index (Phi) is 5.53. The number of hydrogen-bond acceptors (Lipinski definition) is 6. The number of anilines is 1. The topological polar surface area (TPSA) is 67.2 Å². The first-order chi connectivity index (χ1) is 14.0. The molecule has 1 fully saturated rings. The molecule has 29 heavy (non-hydrogen) atoms. The van der Waals surface area contributed by atoms with Gasteiger partial charge in [-0.2, -0.15) is 5.10 Å². The molecule has 1 aliphatic rings. The summed E-state index contributed by atoms with van der Waals surface area (Å²) < 4.78 is 1.77. The molecule has 0 radical (unpaired) electrons. The molecule has 0 unspecified atom stereocenters. The van der Waals surface area contributed by atoms with E-state index < -0.39 is 0 Å². The van der Waals surface area contributed by atoms with Gasteiger partial charge >= 0.3 is 0 Å². The van der Waals surface area contributed by atoms with Crippen LogP contribution in [0.5, 0.6) is 0 Å². The number of nitrogens with zero attached hydrogens (tertiary/aromatic N) is 6. The van der Waals surface area contributed by atoms with Gasteiger partial charge in [0.25, 0.3) is 0 Å². The summed E-state index contributed by atoms with van der Waals surface area (Å²) in [6.07, 6.45) is 7.41. The van der Waals surface area contributed by atoms with Crippen LogP contribution in [0.2, 0.25) is 0 Å². The number of thioether (sulfide) groups is 1. The first-order valence-electron chi connectivity index (χ1n) is 9.57. The number of benzene rings is 1. The number of carbonyl (C=O) groups excluding carboxylic acids is 1. The van der Waals surface area contributed by atoms with E-state index in [0.29, 0.717) is 13.1 Å². The van der Waals surface area contributed by atoms with Gasteiger partial charge in [-0.15, -0.1) is 11.8 Å². The van der Waals surface area contributed by atoms with Crippen molar-refractivity contribution >= 4 is 40.6 Å². The van der Waals surface area contributed by atoms with Crippen LogP contribution in [-0.4, -0.2) is 63.0 Å². The molecule has 0 aliphatic carbocycles. The molecule has 0 bridgehead atoms. The second-order valence-electron chi connectivity index (χ2n) is 7.02. The van der Waals surface area contributed by atoms with Crippen molar-refractivity contribution in [1.29, 1.82) is 0 Å². The summed E-state index contributed by atoms with van der Waals surface area (Å²) in [6.45, 7) is 4.70. The van der Waals surface area contributed by atoms with E-state index in [-0.39, 0.29) is 5.91 Å². The minimum atomic E-state index is 0.0454. The second-order valence-corrected chi connectivity index (χ2v) is 7.90. The van der Waals surface area contributed by atoms with Gasteiger partial charge in [0, 0.05) is 44.2 Å². The van der Waals surface area contributed by atoms with Gasteiger partial charge in [-0.3, -0.25) is 9.48 Å². The van der Waals surface area contributed by atoms with E-state index in [0.717, 1.165) is 41.3 Å². The number of aryl methyl sites for hydroxylation is 2. The van der Waals surface area contributed by atoms with Crippen molar-refractivity contribution in [3.05, 3.63) is 47.9 Å². The number of hydrogen-bond donors (Lipinski definition) is 0. The molecular weight excluding hydrogens is 384 g/mol. The van der Waals surface area contributed by atoms with Crippen molar-refractivity contribution in [2.75, 3.05) is 37.3 Å². The van der Waals surface area contributed by atoms with Gasteiger partial charge in [-0.05, 0) is 37.0 Å². The first-order valence-corrected chi connectivity index (χ1v) is 10.8. The van der Waals surface area contributed by atoms with Gasteiger partial charge in [-0.1, -0.05) is 12.1 Å². The lowest BCUT2D eigenvalue weighted by Gasteiger charge is -2.35. The van der Waals surface area contributed by atoms with Crippen LogP contribution < -0.4 is 4.90 Å². The number of rotatable bonds is 4. The fourth-order valence-electron chi connectivity index (χ4n) is 3.48. The van der Waals surface area contributed by atoms with Crippen molar-refractivity contribution in [1.82, 2.24) is 24.6 Å². The lowest BCUT2D eigenvalue weighted by molar-refractivity contribution is -0.126. The van der Waals surface area contributed by atoms with Gasteiger partial charge in [-0.25, -0.2) is 9.97 Å². The lowest BCUT2D eigenvalue weighted by atomic mass is 10.2. The zero-order valence-corrected chi connectivity index (χ0v) is 17.7. The largest absolute Gasteiger partial charge is 0.352 e. The summed E-state index contributed by atoms with van der Waals surface area (Å²) >= 11 is 1.71. The third kappa shape index (κ3) is 4.12. The van der Waals surface area contributed by atoms with Crippen LogP contribution in [0.25, 0.3) is 17.1 Å². The molecule has 0 spiro atoms. The summed E-state index contributed by atoms with van der Waals surface area (Å²) in [7, 11) is 1.89. The van der Waals surface area contributed by atoms with Crippen LogP contribution in [0.15, 0.2) is 41.4 Å². The molecule has 0 atom stereocenters. The Balaban J connectivity index is 1.41. The molecule has 2 aromatic heterocycles. The second kappa shape index (κ2) is 8.24. The number of fused-ring (bicyclic) bond motifs is 1. The number of piperazine rings is 1. The predicted molar refractivity (Wildman–Crippen MR) is 117 cm³/mol. The number of aromatic nitrogens is 4. The molecule has 150 valence electrons. The average Bonchev–Trinajstić information content (AvgIpc) is 3.12. The predicted octanol–water partition coefficient (Wildman–Crippen LogP) is 2.76. The van der Waals surface area contributed by atoms with E-state index in [4.69, 9.17) is 0 Å². The first kappa shape index (κ1) is 19.4. The molecular formula is C21H24N6OS. The van der Waals surface area contributed by atoms with Crippen LogP contribution in [0.3, 0.4) is 0 Å². The number of carbonyl (C=O) groups is 1. The highest BCUT2D eigenvalue weighted by Crippen LogP contribution is 2.24. The molecule has 3 heterocycles. The van der Waals surface area contributed by atoms with Crippen LogP contribution in [0.1, 0.15) is 11.4 Å². The highest BCUT2D eigenvalue weighted by atomic mass is 32.2. The Morgan fingerprint density at radius 3 is 2.52 bits per heavy atom. The van der Waals surface area contributed by atoms with E-state index in [1.165, 1.54) is 4.90 Å². The van der Waals surface area contributed by atoms with E-state index in [1.54, 1.807) is 22.5 Å². The van der Waals surface area contributed by atoms with Crippen molar-refractivity contribution < 1.29 is 4.79 Å². The van der Waals surface area contributed by atoms with Gasteiger partial charge in [0.1, 0.15) is 11.6 Å². The molecule has 0 N–H and O–H groups in total. The summed E-state index contributed by atoms with van der Waals surface area (Å²) in [5, 5.41) is 5.26. The molecule has 1 saturated heterocycles. The van der Waals surface area contributed by atoms with E-state index in [9.17, 15) is 4.79 Å². The molecule has 1 aromatic carbocycles. The van der Waals surface area contributed by atoms with Crippen LogP contribution >= 0.6 is 11.8 Å². The van der Waals surface area contributed by atoms with Crippen molar-refractivity contribution in [2.24, 2.45) is 7.05 Å². The maximum Gasteiger partial charge on any atom is 0.246 e. The van der Waals surface area contributed by atoms with E-state index in [1.807, 2.05) is 43.3 Å². The summed E-state index contributed by atoms with van der Waals surface area (Å²) in [5.74, 6) is 1.67. The highest BCUT2D eigenvalue weighted by Gasteiger charge is 2.23. The molecule has 3 aromatic rings. The lowest BCUT2D eigenvalue weighted by Crippen LogP contribution is -2.48. The number of amides is 1. The Bertz CT molecular complexity index is 1050. The molecule has 4 rings (SSSR count). The van der Waals surface area contributed by atoms with Crippen molar-refractivity contribution in [2.45, 2.75) is 11.8 Å². The van der Waals surface area contributed by atoms with Crippen LogP contribution in [0.4, 0.5) is 5.82 Å². The minimum absolute atomic E-state index is 0.0454. The van der Waals surface area contributed by atoms with Crippen LogP contribution in [0, 0.1) is 6.92 Å². The Morgan fingerprint density at radius 2 is 1.83 bits per heavy atom. The maximum absolute atomic E-state index is 12.6. The zero-order chi connectivity index (χ0) is 20.4. The Hall–Kier alpha value is -2.87. The summed E-state index contributed by atoms with van der Waals surface area (Å²) in [6, 6.07) is 8.20.